The van der Waals surface area contributed by atoms with Crippen molar-refractivity contribution >= 4 is 33.4 Å². The summed E-state index contributed by atoms with van der Waals surface area (Å²) in [5.74, 6) is 0.763. The molecule has 0 unspecified atom stereocenters. The number of carbonyl (C=O) groups excluding carboxylic acids is 1. The molecule has 1 saturated carbocycles. The molecule has 1 aromatic carbocycles. The first-order valence-electron chi connectivity index (χ1n) is 6.24. The number of carbonyl (C=O) groups is 1. The van der Waals surface area contributed by atoms with Crippen LogP contribution in [0, 0.1) is 5.92 Å². The first-order chi connectivity index (χ1) is 8.47. The van der Waals surface area contributed by atoms with E-state index in [0.717, 1.165) is 11.0 Å². The molecule has 0 radical (unpaired) electrons. The molecule has 0 atom stereocenters. The molecule has 1 fully saturated rings. The number of benzene rings is 1. The van der Waals surface area contributed by atoms with E-state index in [0.29, 0.717) is 16.5 Å². The van der Waals surface area contributed by atoms with E-state index < -0.39 is 0 Å². The SMILES string of the molecule is CC(C)N(CC1CC1)C(=O)c1cc(Cl)cc(Br)c1. The highest BCUT2D eigenvalue weighted by atomic mass is 79.9. The molecule has 0 N–H and O–H groups in total. The molecule has 1 aliphatic carbocycles. The average molecular weight is 331 g/mol. The molecule has 98 valence electrons. The fourth-order valence-electron chi connectivity index (χ4n) is 1.95. The standard InChI is InChI=1S/C14H17BrClNO/c1-9(2)17(8-10-3-4-10)14(18)11-5-12(15)7-13(16)6-11/h5-7,9-10H,3-4,8H2,1-2H3. The summed E-state index contributed by atoms with van der Waals surface area (Å²) in [5, 5.41) is 0.586. The molecule has 2 rings (SSSR count). The lowest BCUT2D eigenvalue weighted by atomic mass is 10.1. The minimum Gasteiger partial charge on any atom is -0.336 e. The van der Waals surface area contributed by atoms with Crippen molar-refractivity contribution < 1.29 is 4.79 Å². The second-order valence-electron chi connectivity index (χ2n) is 5.15. The van der Waals surface area contributed by atoms with E-state index in [2.05, 4.69) is 29.8 Å². The van der Waals surface area contributed by atoms with Gasteiger partial charge in [0.1, 0.15) is 0 Å². The van der Waals surface area contributed by atoms with Gasteiger partial charge >= 0.3 is 0 Å². The quantitative estimate of drug-likeness (QED) is 0.803. The summed E-state index contributed by atoms with van der Waals surface area (Å²) in [6.45, 7) is 4.97. The van der Waals surface area contributed by atoms with Gasteiger partial charge in [-0.15, -0.1) is 0 Å². The zero-order valence-corrected chi connectivity index (χ0v) is 13.0. The molecule has 0 aromatic heterocycles. The van der Waals surface area contributed by atoms with E-state index in [1.165, 1.54) is 12.8 Å². The molecule has 1 amide bonds. The second kappa shape index (κ2) is 5.62. The highest BCUT2D eigenvalue weighted by Crippen LogP contribution is 2.31. The van der Waals surface area contributed by atoms with Gasteiger partial charge in [0.05, 0.1) is 0 Å². The third kappa shape index (κ3) is 3.48. The maximum absolute atomic E-state index is 12.5. The van der Waals surface area contributed by atoms with Crippen molar-refractivity contribution in [2.75, 3.05) is 6.54 Å². The molecule has 2 nitrogen and oxygen atoms in total. The van der Waals surface area contributed by atoms with Gasteiger partial charge in [-0.3, -0.25) is 4.79 Å². The van der Waals surface area contributed by atoms with Crippen molar-refractivity contribution in [2.45, 2.75) is 32.7 Å². The summed E-state index contributed by atoms with van der Waals surface area (Å²) in [6.07, 6.45) is 2.49. The smallest absolute Gasteiger partial charge is 0.254 e. The van der Waals surface area contributed by atoms with Crippen molar-refractivity contribution in [1.29, 1.82) is 0 Å². The van der Waals surface area contributed by atoms with Crippen molar-refractivity contribution in [3.8, 4) is 0 Å². The van der Waals surface area contributed by atoms with Crippen LogP contribution in [-0.2, 0) is 0 Å². The van der Waals surface area contributed by atoms with E-state index in [1.54, 1.807) is 12.1 Å². The average Bonchev–Trinajstić information content (AvgIpc) is 3.07. The van der Waals surface area contributed by atoms with Gasteiger partial charge in [-0.1, -0.05) is 27.5 Å². The minimum atomic E-state index is 0.0695. The summed E-state index contributed by atoms with van der Waals surface area (Å²) in [7, 11) is 0. The van der Waals surface area contributed by atoms with E-state index in [9.17, 15) is 4.79 Å². The predicted molar refractivity (Wildman–Crippen MR) is 78.0 cm³/mol. The van der Waals surface area contributed by atoms with Gasteiger partial charge in [0.25, 0.3) is 5.91 Å². The van der Waals surface area contributed by atoms with Gasteiger partial charge in [-0.05, 0) is 50.8 Å². The van der Waals surface area contributed by atoms with Crippen molar-refractivity contribution in [1.82, 2.24) is 4.90 Å². The van der Waals surface area contributed by atoms with Gasteiger partial charge in [0, 0.05) is 27.6 Å². The number of nitrogens with zero attached hydrogens (tertiary/aromatic N) is 1. The molecule has 1 aromatic rings. The number of hydrogen-bond acceptors (Lipinski definition) is 1. The third-order valence-electron chi connectivity index (χ3n) is 3.15. The Morgan fingerprint density at radius 1 is 1.44 bits per heavy atom. The Morgan fingerprint density at radius 3 is 2.61 bits per heavy atom. The lowest BCUT2D eigenvalue weighted by Gasteiger charge is -2.27. The third-order valence-corrected chi connectivity index (χ3v) is 3.82. The Morgan fingerprint density at radius 2 is 2.11 bits per heavy atom. The summed E-state index contributed by atoms with van der Waals surface area (Å²) in [5.41, 5.74) is 0.656. The lowest BCUT2D eigenvalue weighted by molar-refractivity contribution is 0.0696. The highest BCUT2D eigenvalue weighted by Gasteiger charge is 2.28. The van der Waals surface area contributed by atoms with Crippen LogP contribution in [0.3, 0.4) is 0 Å². The fourth-order valence-corrected chi connectivity index (χ4v) is 2.81. The highest BCUT2D eigenvalue weighted by molar-refractivity contribution is 9.10. The van der Waals surface area contributed by atoms with Crippen molar-refractivity contribution in [3.05, 3.63) is 33.3 Å². The summed E-state index contributed by atoms with van der Waals surface area (Å²) >= 11 is 9.37. The summed E-state index contributed by atoms with van der Waals surface area (Å²) < 4.78 is 0.841. The van der Waals surface area contributed by atoms with E-state index in [-0.39, 0.29) is 11.9 Å². The van der Waals surface area contributed by atoms with Crippen LogP contribution in [0.5, 0.6) is 0 Å². The molecule has 4 heteroatoms. The molecule has 18 heavy (non-hydrogen) atoms. The van der Waals surface area contributed by atoms with E-state index in [4.69, 9.17) is 11.6 Å². The predicted octanol–water partition coefficient (Wildman–Crippen LogP) is 4.36. The van der Waals surface area contributed by atoms with Crippen LogP contribution in [-0.4, -0.2) is 23.4 Å². The Hall–Kier alpha value is -0.540. The number of hydrogen-bond donors (Lipinski definition) is 0. The Balaban J connectivity index is 2.20. The molecule has 0 saturated heterocycles. The van der Waals surface area contributed by atoms with Crippen LogP contribution >= 0.6 is 27.5 Å². The number of halogens is 2. The van der Waals surface area contributed by atoms with Crippen LogP contribution in [0.15, 0.2) is 22.7 Å². The van der Waals surface area contributed by atoms with Crippen LogP contribution in [0.4, 0.5) is 0 Å². The second-order valence-corrected chi connectivity index (χ2v) is 6.50. The van der Waals surface area contributed by atoms with Crippen molar-refractivity contribution in [2.24, 2.45) is 5.92 Å². The Kier molecular flexibility index (Phi) is 4.33. The first-order valence-corrected chi connectivity index (χ1v) is 7.41. The maximum Gasteiger partial charge on any atom is 0.254 e. The Bertz CT molecular complexity index is 437. The van der Waals surface area contributed by atoms with Gasteiger partial charge < -0.3 is 4.90 Å². The molecule has 0 spiro atoms. The Labute approximate surface area is 121 Å². The zero-order valence-electron chi connectivity index (χ0n) is 10.6. The molecule has 0 heterocycles. The molecular weight excluding hydrogens is 314 g/mol. The van der Waals surface area contributed by atoms with Gasteiger partial charge in [0.2, 0.25) is 0 Å². The fraction of sp³-hybridized carbons (Fsp3) is 0.500. The monoisotopic (exact) mass is 329 g/mol. The summed E-state index contributed by atoms with van der Waals surface area (Å²) in [6, 6.07) is 5.57. The molecule has 1 aliphatic rings. The molecule has 0 aliphatic heterocycles. The van der Waals surface area contributed by atoms with Crippen LogP contribution < -0.4 is 0 Å². The molecular formula is C14H17BrClNO. The minimum absolute atomic E-state index is 0.0695. The molecule has 0 bridgehead atoms. The number of amides is 1. The van der Waals surface area contributed by atoms with Crippen LogP contribution in [0.25, 0.3) is 0 Å². The van der Waals surface area contributed by atoms with Gasteiger partial charge in [-0.25, -0.2) is 0 Å². The van der Waals surface area contributed by atoms with Crippen LogP contribution in [0.2, 0.25) is 5.02 Å². The zero-order chi connectivity index (χ0) is 13.3. The normalized spacial score (nSPS) is 14.9. The number of rotatable bonds is 4. The van der Waals surface area contributed by atoms with Crippen molar-refractivity contribution in [3.63, 3.8) is 0 Å². The van der Waals surface area contributed by atoms with E-state index >= 15 is 0 Å². The summed E-state index contributed by atoms with van der Waals surface area (Å²) in [4.78, 5) is 14.4. The van der Waals surface area contributed by atoms with E-state index in [1.807, 2.05) is 11.0 Å². The first kappa shape index (κ1) is 13.9. The lowest BCUT2D eigenvalue weighted by Crippen LogP contribution is -2.38. The topological polar surface area (TPSA) is 20.3 Å². The van der Waals surface area contributed by atoms with Gasteiger partial charge in [-0.2, -0.15) is 0 Å². The maximum atomic E-state index is 12.5. The van der Waals surface area contributed by atoms with Gasteiger partial charge in [0.15, 0.2) is 0 Å². The largest absolute Gasteiger partial charge is 0.336 e. The van der Waals surface area contributed by atoms with Crippen LogP contribution in [0.1, 0.15) is 37.0 Å².